The molecular formula is C13H18N2O3. The lowest BCUT2D eigenvalue weighted by Crippen LogP contribution is -2.35. The lowest BCUT2D eigenvalue weighted by atomic mass is 10.2. The van der Waals surface area contributed by atoms with Gasteiger partial charge in [0.2, 0.25) is 0 Å². The highest BCUT2D eigenvalue weighted by Gasteiger charge is 2.19. The molecule has 0 unspecified atom stereocenters. The highest BCUT2D eigenvalue weighted by Crippen LogP contribution is 2.14. The molecule has 0 aliphatic rings. The standard InChI is InChI=1S/C13H18N2O3/c1-3-12-11(5-9-18-12)13(16)15(7-4-6-14)8-10-17-2/h5,9H,3-4,7-8,10H2,1-2H3. The Hall–Kier alpha value is -1.80. The average Bonchev–Trinajstić information content (AvgIpc) is 2.86. The number of rotatable bonds is 7. The third-order valence-electron chi connectivity index (χ3n) is 2.64. The van der Waals surface area contributed by atoms with Crippen molar-refractivity contribution in [2.45, 2.75) is 19.8 Å². The monoisotopic (exact) mass is 250 g/mol. The van der Waals surface area contributed by atoms with Crippen molar-refractivity contribution < 1.29 is 13.9 Å². The van der Waals surface area contributed by atoms with Crippen molar-refractivity contribution in [1.82, 2.24) is 4.90 Å². The molecule has 5 heteroatoms. The van der Waals surface area contributed by atoms with Crippen LogP contribution in [0.1, 0.15) is 29.5 Å². The summed E-state index contributed by atoms with van der Waals surface area (Å²) in [5, 5.41) is 8.62. The second-order valence-corrected chi connectivity index (χ2v) is 3.80. The number of aryl methyl sites for hydroxylation is 1. The Morgan fingerprint density at radius 2 is 2.33 bits per heavy atom. The van der Waals surface area contributed by atoms with Crippen molar-refractivity contribution in [2.24, 2.45) is 0 Å². The van der Waals surface area contributed by atoms with E-state index in [0.29, 0.717) is 43.9 Å². The highest BCUT2D eigenvalue weighted by atomic mass is 16.5. The number of ether oxygens (including phenoxy) is 1. The summed E-state index contributed by atoms with van der Waals surface area (Å²) in [4.78, 5) is 13.9. The number of nitrogens with zero attached hydrogens (tertiary/aromatic N) is 2. The molecule has 0 spiro atoms. The van der Waals surface area contributed by atoms with E-state index >= 15 is 0 Å². The van der Waals surface area contributed by atoms with Crippen molar-refractivity contribution >= 4 is 5.91 Å². The number of nitriles is 1. The number of furan rings is 1. The average molecular weight is 250 g/mol. The molecule has 0 aromatic carbocycles. The van der Waals surface area contributed by atoms with Crippen molar-refractivity contribution in [3.05, 3.63) is 23.7 Å². The van der Waals surface area contributed by atoms with Crippen LogP contribution in [0.4, 0.5) is 0 Å². The van der Waals surface area contributed by atoms with E-state index in [1.54, 1.807) is 18.1 Å². The number of amides is 1. The minimum absolute atomic E-state index is 0.104. The zero-order valence-corrected chi connectivity index (χ0v) is 10.8. The first-order valence-corrected chi connectivity index (χ1v) is 5.96. The summed E-state index contributed by atoms with van der Waals surface area (Å²) in [6.45, 7) is 3.28. The molecule has 1 amide bonds. The van der Waals surface area contributed by atoms with Crippen molar-refractivity contribution in [3.8, 4) is 6.07 Å². The van der Waals surface area contributed by atoms with Gasteiger partial charge in [-0.3, -0.25) is 4.79 Å². The normalized spacial score (nSPS) is 10.1. The number of hydrogen-bond donors (Lipinski definition) is 0. The molecule has 0 radical (unpaired) electrons. The topological polar surface area (TPSA) is 66.5 Å². The van der Waals surface area contributed by atoms with Gasteiger partial charge in [0.15, 0.2) is 0 Å². The molecule has 0 atom stereocenters. The molecule has 0 aliphatic heterocycles. The fourth-order valence-corrected chi connectivity index (χ4v) is 1.68. The predicted molar refractivity (Wildman–Crippen MR) is 66.1 cm³/mol. The van der Waals surface area contributed by atoms with Crippen LogP contribution in [0.5, 0.6) is 0 Å². The van der Waals surface area contributed by atoms with Gasteiger partial charge in [-0.1, -0.05) is 6.92 Å². The van der Waals surface area contributed by atoms with Gasteiger partial charge in [0.05, 0.1) is 30.9 Å². The first kappa shape index (κ1) is 14.3. The Morgan fingerprint density at radius 1 is 1.56 bits per heavy atom. The molecule has 5 nitrogen and oxygen atoms in total. The summed E-state index contributed by atoms with van der Waals surface area (Å²) < 4.78 is 10.2. The van der Waals surface area contributed by atoms with E-state index < -0.39 is 0 Å². The van der Waals surface area contributed by atoms with E-state index in [1.165, 1.54) is 6.26 Å². The first-order valence-electron chi connectivity index (χ1n) is 5.96. The molecule has 0 fully saturated rings. The molecule has 1 rings (SSSR count). The molecule has 0 N–H and O–H groups in total. The summed E-state index contributed by atoms with van der Waals surface area (Å²) in [5.41, 5.74) is 0.576. The fraction of sp³-hybridized carbons (Fsp3) is 0.538. The molecule has 98 valence electrons. The van der Waals surface area contributed by atoms with Gasteiger partial charge in [0.1, 0.15) is 5.76 Å². The molecule has 1 aromatic heterocycles. The summed E-state index contributed by atoms with van der Waals surface area (Å²) in [6, 6.07) is 3.72. The SMILES string of the molecule is CCc1occc1C(=O)N(CCC#N)CCOC. The molecule has 0 saturated carbocycles. The van der Waals surface area contributed by atoms with Crippen LogP contribution < -0.4 is 0 Å². The summed E-state index contributed by atoms with van der Waals surface area (Å²) in [6.07, 6.45) is 2.50. The number of hydrogen-bond acceptors (Lipinski definition) is 4. The lowest BCUT2D eigenvalue weighted by Gasteiger charge is -2.20. The van der Waals surface area contributed by atoms with Gasteiger partial charge in [-0.05, 0) is 6.07 Å². The maximum atomic E-state index is 12.3. The van der Waals surface area contributed by atoms with E-state index in [9.17, 15) is 4.79 Å². The molecule has 1 heterocycles. The van der Waals surface area contributed by atoms with Gasteiger partial charge < -0.3 is 14.1 Å². The van der Waals surface area contributed by atoms with Gasteiger partial charge in [0.25, 0.3) is 5.91 Å². The molecule has 0 aliphatic carbocycles. The van der Waals surface area contributed by atoms with Crippen LogP contribution >= 0.6 is 0 Å². The smallest absolute Gasteiger partial charge is 0.257 e. The maximum Gasteiger partial charge on any atom is 0.257 e. The molecule has 18 heavy (non-hydrogen) atoms. The van der Waals surface area contributed by atoms with Crippen LogP contribution in [0.25, 0.3) is 0 Å². The van der Waals surface area contributed by atoms with Crippen LogP contribution in [-0.4, -0.2) is 37.6 Å². The Balaban J connectivity index is 2.77. The molecule has 0 saturated heterocycles. The largest absolute Gasteiger partial charge is 0.469 e. The van der Waals surface area contributed by atoms with Crippen LogP contribution in [-0.2, 0) is 11.2 Å². The van der Waals surface area contributed by atoms with Gasteiger partial charge in [-0.25, -0.2) is 0 Å². The Labute approximate surface area is 107 Å². The number of carbonyl (C=O) groups is 1. The second kappa shape index (κ2) is 7.51. The number of methoxy groups -OCH3 is 1. The molecule has 0 bridgehead atoms. The fourth-order valence-electron chi connectivity index (χ4n) is 1.68. The van der Waals surface area contributed by atoms with Crippen molar-refractivity contribution in [1.29, 1.82) is 5.26 Å². The minimum Gasteiger partial charge on any atom is -0.469 e. The van der Waals surface area contributed by atoms with E-state index in [0.717, 1.165) is 0 Å². The summed E-state index contributed by atoms with van der Waals surface area (Å²) in [5.74, 6) is 0.576. The van der Waals surface area contributed by atoms with E-state index in [2.05, 4.69) is 0 Å². The quantitative estimate of drug-likeness (QED) is 0.740. The van der Waals surface area contributed by atoms with Crippen molar-refractivity contribution in [3.63, 3.8) is 0 Å². The summed E-state index contributed by atoms with van der Waals surface area (Å²) in [7, 11) is 1.59. The maximum absolute atomic E-state index is 12.3. The van der Waals surface area contributed by atoms with Crippen LogP contribution in [0.15, 0.2) is 16.7 Å². The highest BCUT2D eigenvalue weighted by molar-refractivity contribution is 5.95. The predicted octanol–water partition coefficient (Wildman–Crippen LogP) is 1.84. The third-order valence-corrected chi connectivity index (χ3v) is 2.64. The number of carbonyl (C=O) groups excluding carboxylic acids is 1. The Bertz CT molecular complexity index is 420. The van der Waals surface area contributed by atoms with Crippen LogP contribution in [0.2, 0.25) is 0 Å². The zero-order valence-electron chi connectivity index (χ0n) is 10.8. The van der Waals surface area contributed by atoms with Gasteiger partial charge in [0, 0.05) is 26.6 Å². The van der Waals surface area contributed by atoms with Gasteiger partial charge in [-0.2, -0.15) is 5.26 Å². The van der Waals surface area contributed by atoms with Crippen LogP contribution in [0.3, 0.4) is 0 Å². The minimum atomic E-state index is -0.104. The molecular weight excluding hydrogens is 232 g/mol. The van der Waals surface area contributed by atoms with Gasteiger partial charge >= 0.3 is 0 Å². The van der Waals surface area contributed by atoms with Gasteiger partial charge in [-0.15, -0.1) is 0 Å². The lowest BCUT2D eigenvalue weighted by molar-refractivity contribution is 0.0697. The first-order chi connectivity index (χ1) is 8.74. The molecule has 1 aromatic rings. The Kier molecular flexibility index (Phi) is 5.95. The van der Waals surface area contributed by atoms with Crippen molar-refractivity contribution in [2.75, 3.05) is 26.8 Å². The zero-order chi connectivity index (χ0) is 13.4. The van der Waals surface area contributed by atoms with E-state index in [1.807, 2.05) is 13.0 Å². The Morgan fingerprint density at radius 3 is 2.94 bits per heavy atom. The van der Waals surface area contributed by atoms with E-state index in [-0.39, 0.29) is 5.91 Å². The van der Waals surface area contributed by atoms with Crippen LogP contribution in [0, 0.1) is 11.3 Å². The van der Waals surface area contributed by atoms with E-state index in [4.69, 9.17) is 14.4 Å². The second-order valence-electron chi connectivity index (χ2n) is 3.80. The third kappa shape index (κ3) is 3.60. The summed E-state index contributed by atoms with van der Waals surface area (Å²) >= 11 is 0.